The molecule has 0 aliphatic carbocycles. The lowest BCUT2D eigenvalue weighted by atomic mass is 10.0. The zero-order valence-corrected chi connectivity index (χ0v) is 12.3. The predicted octanol–water partition coefficient (Wildman–Crippen LogP) is 1.47. The maximum atomic E-state index is 12.3. The Kier molecular flexibility index (Phi) is 6.26. The first-order valence-corrected chi connectivity index (χ1v) is 6.92. The third-order valence-corrected chi connectivity index (χ3v) is 3.50. The fourth-order valence-corrected chi connectivity index (χ4v) is 2.40. The summed E-state index contributed by atoms with van der Waals surface area (Å²) in [5.74, 6) is 0.0573. The Morgan fingerprint density at radius 2 is 1.90 bits per heavy atom. The molecular weight excluding hydrogens is 271 g/mol. The smallest absolute Gasteiger partial charge is 0.348 e. The van der Waals surface area contributed by atoms with Gasteiger partial charge in [0.15, 0.2) is 0 Å². The summed E-state index contributed by atoms with van der Waals surface area (Å²) in [5, 5.41) is 3.03. The Morgan fingerprint density at radius 3 is 2.35 bits per heavy atom. The van der Waals surface area contributed by atoms with Crippen LogP contribution in [0.3, 0.4) is 0 Å². The molecule has 0 aromatic heterocycles. The molecule has 0 bridgehead atoms. The zero-order valence-electron chi connectivity index (χ0n) is 12.3. The third kappa shape index (κ3) is 6.56. The molecule has 0 spiro atoms. The second-order valence-corrected chi connectivity index (χ2v) is 5.73. The normalized spacial score (nSPS) is 19.9. The van der Waals surface area contributed by atoms with E-state index in [0.29, 0.717) is 6.54 Å². The first kappa shape index (κ1) is 17.2. The number of nitrogens with zero attached hydrogens (tertiary/aromatic N) is 2. The van der Waals surface area contributed by atoms with Crippen LogP contribution in [0.25, 0.3) is 0 Å². The number of carbonyl (C=O) groups excluding carboxylic acids is 1. The highest BCUT2D eigenvalue weighted by Gasteiger charge is 2.31. The number of likely N-dealkylation sites (N-methyl/N-ethyl adjacent to an activating group) is 1. The molecule has 0 saturated carbocycles. The number of alkyl halides is 3. The molecule has 1 aliphatic heterocycles. The van der Waals surface area contributed by atoms with Crippen LogP contribution in [-0.4, -0.2) is 67.7 Å². The van der Waals surface area contributed by atoms with Gasteiger partial charge in [0.25, 0.3) is 0 Å². The van der Waals surface area contributed by atoms with Gasteiger partial charge < -0.3 is 10.2 Å². The number of rotatable bonds is 5. The van der Waals surface area contributed by atoms with Crippen LogP contribution in [0, 0.1) is 0 Å². The topological polar surface area (TPSA) is 35.6 Å². The van der Waals surface area contributed by atoms with Crippen molar-refractivity contribution in [1.82, 2.24) is 15.1 Å². The van der Waals surface area contributed by atoms with E-state index in [0.717, 1.165) is 25.9 Å². The van der Waals surface area contributed by atoms with Crippen LogP contribution in [0.4, 0.5) is 13.2 Å². The highest BCUT2D eigenvalue weighted by atomic mass is 19.4. The number of halogens is 3. The van der Waals surface area contributed by atoms with Crippen LogP contribution in [0.15, 0.2) is 0 Å². The van der Waals surface area contributed by atoms with Crippen LogP contribution < -0.4 is 5.32 Å². The Hall–Kier alpha value is -0.820. The van der Waals surface area contributed by atoms with Gasteiger partial charge in [0.1, 0.15) is 0 Å². The molecule has 7 heteroatoms. The van der Waals surface area contributed by atoms with Gasteiger partial charge in [-0.2, -0.15) is 13.2 Å². The average Bonchev–Trinajstić information content (AvgIpc) is 2.28. The van der Waals surface area contributed by atoms with Crippen LogP contribution in [-0.2, 0) is 4.79 Å². The Morgan fingerprint density at radius 1 is 1.35 bits per heavy atom. The van der Waals surface area contributed by atoms with E-state index >= 15 is 0 Å². The first-order chi connectivity index (χ1) is 9.17. The van der Waals surface area contributed by atoms with Crippen molar-refractivity contribution in [1.29, 1.82) is 0 Å². The molecule has 0 radical (unpaired) electrons. The molecule has 1 atom stereocenters. The average molecular weight is 295 g/mol. The van der Waals surface area contributed by atoms with E-state index in [2.05, 4.69) is 10.2 Å². The summed E-state index contributed by atoms with van der Waals surface area (Å²) in [6.07, 6.45) is -3.36. The van der Waals surface area contributed by atoms with Gasteiger partial charge in [-0.25, -0.2) is 0 Å². The van der Waals surface area contributed by atoms with E-state index in [1.54, 1.807) is 25.9 Å². The van der Waals surface area contributed by atoms with Crippen LogP contribution in [0.5, 0.6) is 0 Å². The lowest BCUT2D eigenvalue weighted by Gasteiger charge is -2.34. The van der Waals surface area contributed by atoms with Gasteiger partial charge in [0.05, 0.1) is 13.0 Å². The van der Waals surface area contributed by atoms with Gasteiger partial charge in [-0.05, 0) is 19.8 Å². The molecule has 118 valence electrons. The highest BCUT2D eigenvalue weighted by molar-refractivity contribution is 5.77. The van der Waals surface area contributed by atoms with Crippen molar-refractivity contribution >= 4 is 5.91 Å². The van der Waals surface area contributed by atoms with Crippen molar-refractivity contribution in [2.75, 3.05) is 33.7 Å². The zero-order chi connectivity index (χ0) is 15.3. The minimum Gasteiger partial charge on any atom is -0.348 e. The van der Waals surface area contributed by atoms with E-state index in [-0.39, 0.29) is 11.9 Å². The van der Waals surface area contributed by atoms with E-state index in [1.807, 2.05) is 0 Å². The van der Waals surface area contributed by atoms with Gasteiger partial charge in [-0.1, -0.05) is 0 Å². The summed E-state index contributed by atoms with van der Waals surface area (Å²) in [5.41, 5.74) is 0. The minimum atomic E-state index is -4.12. The van der Waals surface area contributed by atoms with Gasteiger partial charge >= 0.3 is 6.18 Å². The minimum absolute atomic E-state index is 0.0573. The number of likely N-dealkylation sites (tertiary alicyclic amines) is 1. The van der Waals surface area contributed by atoms with Crippen LogP contribution >= 0.6 is 0 Å². The number of amides is 1. The quantitative estimate of drug-likeness (QED) is 0.834. The van der Waals surface area contributed by atoms with Gasteiger partial charge in [0, 0.05) is 39.3 Å². The molecular formula is C13H24F3N3O. The molecule has 1 fully saturated rings. The second kappa shape index (κ2) is 7.26. The number of hydrogen-bond acceptors (Lipinski definition) is 3. The number of hydrogen-bond donors (Lipinski definition) is 1. The van der Waals surface area contributed by atoms with Crippen molar-refractivity contribution in [3.63, 3.8) is 0 Å². The Labute approximate surface area is 118 Å². The van der Waals surface area contributed by atoms with Crippen LogP contribution in [0.2, 0.25) is 0 Å². The highest BCUT2D eigenvalue weighted by Crippen LogP contribution is 2.22. The summed E-state index contributed by atoms with van der Waals surface area (Å²) in [4.78, 5) is 15.2. The Balaban J connectivity index is 2.27. The molecule has 4 nitrogen and oxygen atoms in total. The number of carbonyl (C=O) groups is 1. The standard InChI is InChI=1S/C13H24F3N3O/c1-10(8-13(14,15)16)17-11-4-6-19(7-5-11)9-12(20)18(2)3/h10-11,17H,4-9H2,1-3H3. The van der Waals surface area contributed by atoms with Crippen molar-refractivity contribution < 1.29 is 18.0 Å². The fraction of sp³-hybridized carbons (Fsp3) is 0.923. The maximum Gasteiger partial charge on any atom is 0.390 e. The summed E-state index contributed by atoms with van der Waals surface area (Å²) in [6, 6.07) is -0.451. The molecule has 1 rings (SSSR count). The summed E-state index contributed by atoms with van der Waals surface area (Å²) >= 11 is 0. The summed E-state index contributed by atoms with van der Waals surface area (Å²) < 4.78 is 36.8. The molecule has 0 aromatic carbocycles. The summed E-state index contributed by atoms with van der Waals surface area (Å²) in [7, 11) is 3.44. The van der Waals surface area contributed by atoms with Gasteiger partial charge in [-0.15, -0.1) is 0 Å². The molecule has 1 amide bonds. The van der Waals surface area contributed by atoms with E-state index in [9.17, 15) is 18.0 Å². The largest absolute Gasteiger partial charge is 0.390 e. The fourth-order valence-electron chi connectivity index (χ4n) is 2.40. The molecule has 1 aliphatic rings. The predicted molar refractivity (Wildman–Crippen MR) is 71.4 cm³/mol. The van der Waals surface area contributed by atoms with Crippen LogP contribution in [0.1, 0.15) is 26.2 Å². The van der Waals surface area contributed by atoms with E-state index < -0.39 is 18.6 Å². The molecule has 1 saturated heterocycles. The molecule has 1 unspecified atom stereocenters. The van der Waals surface area contributed by atoms with E-state index in [1.165, 1.54) is 0 Å². The van der Waals surface area contributed by atoms with Crippen molar-refractivity contribution in [3.8, 4) is 0 Å². The van der Waals surface area contributed by atoms with Crippen molar-refractivity contribution in [3.05, 3.63) is 0 Å². The van der Waals surface area contributed by atoms with Gasteiger partial charge in [0.2, 0.25) is 5.91 Å². The summed E-state index contributed by atoms with van der Waals surface area (Å²) in [6.45, 7) is 3.44. The monoisotopic (exact) mass is 295 g/mol. The van der Waals surface area contributed by atoms with Gasteiger partial charge in [-0.3, -0.25) is 9.69 Å². The molecule has 1 heterocycles. The van der Waals surface area contributed by atoms with E-state index in [4.69, 9.17) is 0 Å². The SMILES string of the molecule is CC(CC(F)(F)F)NC1CCN(CC(=O)N(C)C)CC1. The Bertz CT molecular complexity index is 312. The molecule has 1 N–H and O–H groups in total. The van der Waals surface area contributed by atoms with Crippen molar-refractivity contribution in [2.45, 2.75) is 44.4 Å². The third-order valence-electron chi connectivity index (χ3n) is 3.50. The lowest BCUT2D eigenvalue weighted by molar-refractivity contribution is -0.139. The lowest BCUT2D eigenvalue weighted by Crippen LogP contribution is -2.48. The molecule has 20 heavy (non-hydrogen) atoms. The maximum absolute atomic E-state index is 12.3. The second-order valence-electron chi connectivity index (χ2n) is 5.73. The first-order valence-electron chi connectivity index (χ1n) is 6.92. The number of nitrogens with one attached hydrogen (secondary N) is 1. The van der Waals surface area contributed by atoms with Crippen molar-refractivity contribution in [2.24, 2.45) is 0 Å². The number of piperidine rings is 1. The molecule has 0 aromatic rings.